The molecule has 0 bridgehead atoms. The van der Waals surface area contributed by atoms with E-state index in [2.05, 4.69) is 10.0 Å². The minimum Gasteiger partial charge on any atom is -0.480 e. The van der Waals surface area contributed by atoms with E-state index < -0.39 is 28.1 Å². The summed E-state index contributed by atoms with van der Waals surface area (Å²) < 4.78 is 27.4. The number of sulfonamides is 1. The highest BCUT2D eigenvalue weighted by Gasteiger charge is 2.25. The molecule has 0 aromatic heterocycles. The molecule has 2 rings (SSSR count). The number of carboxylic acids is 1. The predicted octanol–water partition coefficient (Wildman–Crippen LogP) is 1.98. The summed E-state index contributed by atoms with van der Waals surface area (Å²) in [6.45, 7) is 1.73. The quantitative estimate of drug-likeness (QED) is 0.406. The van der Waals surface area contributed by atoms with Gasteiger partial charge in [-0.05, 0) is 55.2 Å². The van der Waals surface area contributed by atoms with Gasteiger partial charge in [-0.2, -0.15) is 4.72 Å². The van der Waals surface area contributed by atoms with E-state index in [0.29, 0.717) is 5.02 Å². The molecule has 0 radical (unpaired) electrons. The monoisotopic (exact) mass is 453 g/mol. The third-order valence-corrected chi connectivity index (χ3v) is 6.06. The van der Waals surface area contributed by atoms with Crippen molar-refractivity contribution in [3.05, 3.63) is 53.6 Å². The summed E-state index contributed by atoms with van der Waals surface area (Å²) in [4.78, 5) is 22.8. The molecule has 8 nitrogen and oxygen atoms in total. The summed E-state index contributed by atoms with van der Waals surface area (Å²) >= 11 is 5.87. The predicted molar refractivity (Wildman–Crippen MR) is 115 cm³/mol. The van der Waals surface area contributed by atoms with Gasteiger partial charge < -0.3 is 16.2 Å². The average molecular weight is 454 g/mol. The number of benzene rings is 2. The summed E-state index contributed by atoms with van der Waals surface area (Å²) in [6.07, 6.45) is 0.282. The molecule has 5 N–H and O–H groups in total. The molecule has 0 aliphatic rings. The van der Waals surface area contributed by atoms with Gasteiger partial charge in [0.25, 0.3) is 0 Å². The molecule has 2 unspecified atom stereocenters. The van der Waals surface area contributed by atoms with Crippen molar-refractivity contribution in [3.63, 3.8) is 0 Å². The highest BCUT2D eigenvalue weighted by atomic mass is 35.5. The molecular weight excluding hydrogens is 430 g/mol. The van der Waals surface area contributed by atoms with Gasteiger partial charge in [0.05, 0.1) is 10.9 Å². The van der Waals surface area contributed by atoms with Gasteiger partial charge in [0.2, 0.25) is 15.9 Å². The fourth-order valence-electron chi connectivity index (χ4n) is 2.64. The number of amides is 1. The third kappa shape index (κ3) is 6.81. The van der Waals surface area contributed by atoms with Gasteiger partial charge in [0.1, 0.15) is 6.04 Å². The Bertz CT molecular complexity index is 977. The normalized spacial score (nSPS) is 13.4. The Hall–Kier alpha value is -2.46. The van der Waals surface area contributed by atoms with Gasteiger partial charge in [-0.15, -0.1) is 0 Å². The maximum absolute atomic E-state index is 12.6. The van der Waals surface area contributed by atoms with Crippen LogP contribution in [0.15, 0.2) is 53.4 Å². The smallest absolute Gasteiger partial charge is 0.321 e. The lowest BCUT2D eigenvalue weighted by atomic mass is 10.1. The lowest BCUT2D eigenvalue weighted by molar-refractivity contribution is -0.139. The summed E-state index contributed by atoms with van der Waals surface area (Å²) in [5.74, 6) is -1.65. The molecule has 0 fully saturated rings. The van der Waals surface area contributed by atoms with Crippen LogP contribution in [0, 0.1) is 0 Å². The Kier molecular flexibility index (Phi) is 8.36. The fraction of sp³-hybridized carbons (Fsp3) is 0.300. The molecule has 0 saturated heterocycles. The van der Waals surface area contributed by atoms with E-state index in [1.807, 2.05) is 12.1 Å². The van der Waals surface area contributed by atoms with Gasteiger partial charge in [0, 0.05) is 11.6 Å². The lowest BCUT2D eigenvalue weighted by Crippen LogP contribution is -2.42. The van der Waals surface area contributed by atoms with Crippen LogP contribution in [-0.2, 0) is 19.6 Å². The molecule has 1 amide bonds. The molecule has 0 saturated carbocycles. The van der Waals surface area contributed by atoms with Crippen LogP contribution < -0.4 is 15.8 Å². The van der Waals surface area contributed by atoms with Gasteiger partial charge in [0.15, 0.2) is 0 Å². The van der Waals surface area contributed by atoms with Gasteiger partial charge in [-0.25, -0.2) is 8.42 Å². The number of halogens is 1. The fourth-order valence-corrected chi connectivity index (χ4v) is 3.99. The van der Waals surface area contributed by atoms with E-state index >= 15 is 0 Å². The molecule has 0 aliphatic heterocycles. The summed E-state index contributed by atoms with van der Waals surface area (Å²) in [7, 11) is -4.04. The van der Waals surface area contributed by atoms with E-state index in [4.69, 9.17) is 17.3 Å². The van der Waals surface area contributed by atoms with Crippen molar-refractivity contribution in [1.29, 1.82) is 0 Å². The zero-order chi connectivity index (χ0) is 22.3. The van der Waals surface area contributed by atoms with Crippen molar-refractivity contribution in [2.75, 3.05) is 6.54 Å². The summed E-state index contributed by atoms with van der Waals surface area (Å²) in [5, 5.41) is 12.5. The van der Waals surface area contributed by atoms with E-state index in [0.717, 1.165) is 11.1 Å². The molecule has 2 aromatic rings. The van der Waals surface area contributed by atoms with Crippen LogP contribution >= 0.6 is 11.6 Å². The van der Waals surface area contributed by atoms with Crippen molar-refractivity contribution < 1.29 is 23.1 Å². The molecule has 2 atom stereocenters. The summed E-state index contributed by atoms with van der Waals surface area (Å²) in [5.41, 5.74) is 7.09. The van der Waals surface area contributed by atoms with Crippen molar-refractivity contribution in [2.24, 2.45) is 5.73 Å². The largest absolute Gasteiger partial charge is 0.480 e. The van der Waals surface area contributed by atoms with Crippen LogP contribution in [0.25, 0.3) is 11.1 Å². The second-order valence-electron chi connectivity index (χ2n) is 6.77. The zero-order valence-corrected chi connectivity index (χ0v) is 17.9. The number of carboxylic acid groups (broad SMARTS) is 1. The Morgan fingerprint density at radius 3 is 2.10 bits per heavy atom. The number of hydrogen-bond donors (Lipinski definition) is 4. The van der Waals surface area contributed by atoms with E-state index in [1.54, 1.807) is 24.3 Å². The van der Waals surface area contributed by atoms with E-state index in [1.165, 1.54) is 19.1 Å². The Labute approximate surface area is 180 Å². The number of aliphatic carboxylic acids is 1. The highest BCUT2D eigenvalue weighted by Crippen LogP contribution is 2.23. The van der Waals surface area contributed by atoms with Gasteiger partial charge in [-0.3, -0.25) is 9.59 Å². The molecule has 162 valence electrons. The molecule has 0 heterocycles. The first kappa shape index (κ1) is 23.8. The number of carbonyl (C=O) groups is 2. The number of carbonyl (C=O) groups excluding carboxylic acids is 1. The molecular formula is C20H24ClN3O5S. The number of hydrogen-bond acceptors (Lipinski definition) is 5. The van der Waals surface area contributed by atoms with Crippen molar-refractivity contribution >= 4 is 33.5 Å². The van der Waals surface area contributed by atoms with Crippen molar-refractivity contribution in [1.82, 2.24) is 10.0 Å². The average Bonchev–Trinajstić information content (AvgIpc) is 2.70. The minimum absolute atomic E-state index is 0.0106. The van der Waals surface area contributed by atoms with Gasteiger partial charge >= 0.3 is 5.97 Å². The second-order valence-corrected chi connectivity index (χ2v) is 8.92. The topological polar surface area (TPSA) is 139 Å². The Morgan fingerprint density at radius 2 is 1.60 bits per heavy atom. The molecule has 0 aliphatic carbocycles. The van der Waals surface area contributed by atoms with Crippen LogP contribution in [0.4, 0.5) is 0 Å². The van der Waals surface area contributed by atoms with Crippen LogP contribution in [-0.4, -0.2) is 44.0 Å². The van der Waals surface area contributed by atoms with Crippen LogP contribution in [0.1, 0.15) is 19.8 Å². The van der Waals surface area contributed by atoms with Crippen LogP contribution in [0.5, 0.6) is 0 Å². The number of nitrogens with one attached hydrogen (secondary N) is 2. The first-order chi connectivity index (χ1) is 14.1. The maximum atomic E-state index is 12.6. The van der Waals surface area contributed by atoms with E-state index in [9.17, 15) is 23.1 Å². The number of rotatable bonds is 10. The number of nitrogens with two attached hydrogens (primary N) is 1. The lowest BCUT2D eigenvalue weighted by Gasteiger charge is -2.15. The third-order valence-electron chi connectivity index (χ3n) is 4.32. The molecule has 2 aromatic carbocycles. The zero-order valence-electron chi connectivity index (χ0n) is 16.3. The molecule has 10 heteroatoms. The molecule has 30 heavy (non-hydrogen) atoms. The van der Waals surface area contributed by atoms with Crippen molar-refractivity contribution in [3.8, 4) is 11.1 Å². The van der Waals surface area contributed by atoms with Gasteiger partial charge in [-0.1, -0.05) is 35.9 Å². The Morgan fingerprint density at radius 1 is 1.07 bits per heavy atom. The van der Waals surface area contributed by atoms with Crippen molar-refractivity contribution in [2.45, 2.75) is 36.7 Å². The Balaban J connectivity index is 2.02. The highest BCUT2D eigenvalue weighted by molar-refractivity contribution is 7.89. The van der Waals surface area contributed by atoms with Crippen LogP contribution in [0.2, 0.25) is 5.02 Å². The maximum Gasteiger partial charge on any atom is 0.321 e. The van der Waals surface area contributed by atoms with Crippen LogP contribution in [0.3, 0.4) is 0 Å². The molecule has 0 spiro atoms. The second kappa shape index (κ2) is 10.5. The first-order valence-electron chi connectivity index (χ1n) is 9.24. The standard InChI is InChI=1S/C20H24ClN3O5S/c1-13(22)19(25)23-12-2-3-18(20(26)27)24-30(28,29)17-10-6-15(7-11-17)14-4-8-16(21)9-5-14/h4-11,13,18,24H,2-3,12,22H2,1H3,(H,23,25)(H,26,27). The minimum atomic E-state index is -4.04. The SMILES string of the molecule is CC(N)C(=O)NCCCC(NS(=O)(=O)c1ccc(-c2ccc(Cl)cc2)cc1)C(=O)O. The van der Waals surface area contributed by atoms with E-state index in [-0.39, 0.29) is 30.2 Å². The summed E-state index contributed by atoms with van der Waals surface area (Å²) in [6, 6.07) is 11.2. The first-order valence-corrected chi connectivity index (χ1v) is 11.1.